The molecule has 0 saturated carbocycles. The molecular weight excluding hydrogens is 198 g/mol. The van der Waals surface area contributed by atoms with Gasteiger partial charge in [-0.3, -0.25) is 0 Å². The highest BCUT2D eigenvalue weighted by molar-refractivity contribution is 5.55. The largest absolute Gasteiger partial charge is 0.392 e. The highest BCUT2D eigenvalue weighted by Gasteiger charge is 2.07. The molecule has 0 amide bonds. The number of benzene rings is 1. The highest BCUT2D eigenvalue weighted by atomic mass is 16.3. The number of aliphatic hydroxyl groups excluding tert-OH is 1. The number of hydrogen-bond donors (Lipinski definition) is 1. The van der Waals surface area contributed by atoms with Crippen molar-refractivity contribution in [3.8, 4) is 12.3 Å². The van der Waals surface area contributed by atoms with Crippen LogP contribution in [0.5, 0.6) is 0 Å². The molecule has 0 atom stereocenters. The lowest BCUT2D eigenvalue weighted by molar-refractivity contribution is 0.282. The van der Waals surface area contributed by atoms with Gasteiger partial charge < -0.3 is 10.0 Å². The smallest absolute Gasteiger partial charge is 0.0791 e. The van der Waals surface area contributed by atoms with Crippen molar-refractivity contribution in [2.45, 2.75) is 26.9 Å². The van der Waals surface area contributed by atoms with E-state index < -0.39 is 0 Å². The molecule has 0 heterocycles. The molecule has 0 bridgehead atoms. The van der Waals surface area contributed by atoms with Crippen LogP contribution in [0.1, 0.15) is 24.5 Å². The Balaban J connectivity index is 2.96. The molecule has 0 aliphatic carbocycles. The van der Waals surface area contributed by atoms with Gasteiger partial charge in [-0.1, -0.05) is 25.0 Å². The van der Waals surface area contributed by atoms with E-state index in [9.17, 15) is 0 Å². The fourth-order valence-corrected chi connectivity index (χ4v) is 1.84. The minimum absolute atomic E-state index is 0.0873. The molecule has 1 aromatic rings. The van der Waals surface area contributed by atoms with Crippen LogP contribution in [-0.2, 0) is 6.61 Å². The number of aliphatic hydroxyl groups is 1. The number of nitrogens with zero attached hydrogens (tertiary/aromatic N) is 1. The molecule has 0 fully saturated rings. The Hall–Kier alpha value is -1.46. The van der Waals surface area contributed by atoms with Gasteiger partial charge in [0.2, 0.25) is 0 Å². The molecule has 0 aromatic heterocycles. The van der Waals surface area contributed by atoms with Crippen molar-refractivity contribution in [2.24, 2.45) is 0 Å². The summed E-state index contributed by atoms with van der Waals surface area (Å²) in [4.78, 5) is 2.19. The van der Waals surface area contributed by atoms with E-state index in [1.807, 2.05) is 25.1 Å². The van der Waals surface area contributed by atoms with E-state index in [0.717, 1.165) is 29.8 Å². The number of aryl methyl sites for hydroxylation is 1. The van der Waals surface area contributed by atoms with E-state index in [4.69, 9.17) is 11.5 Å². The predicted octanol–water partition coefficient (Wildman–Crippen LogP) is 2.34. The average Bonchev–Trinajstić information content (AvgIpc) is 2.29. The Bertz CT molecular complexity index is 379. The van der Waals surface area contributed by atoms with E-state index in [2.05, 4.69) is 17.7 Å². The van der Waals surface area contributed by atoms with E-state index >= 15 is 0 Å². The standard InChI is InChI=1S/C14H19NO/c1-4-8-15(9-5-2)14-7-6-13(11-16)10-12(14)3/h1,6-7,10,16H,5,8-9,11H2,2-3H3. The first-order valence-electron chi connectivity index (χ1n) is 5.61. The number of hydrogen-bond acceptors (Lipinski definition) is 2. The molecule has 2 nitrogen and oxygen atoms in total. The Kier molecular flexibility index (Phi) is 4.88. The van der Waals surface area contributed by atoms with Crippen LogP contribution in [-0.4, -0.2) is 18.2 Å². The van der Waals surface area contributed by atoms with E-state index in [0.29, 0.717) is 6.54 Å². The Morgan fingerprint density at radius 3 is 2.69 bits per heavy atom. The van der Waals surface area contributed by atoms with Crippen LogP contribution in [0, 0.1) is 19.3 Å². The molecule has 16 heavy (non-hydrogen) atoms. The summed E-state index contributed by atoms with van der Waals surface area (Å²) in [5, 5.41) is 9.05. The Morgan fingerprint density at radius 1 is 1.44 bits per heavy atom. The molecule has 1 aromatic carbocycles. The van der Waals surface area contributed by atoms with Crippen molar-refractivity contribution in [3.63, 3.8) is 0 Å². The molecule has 2 heteroatoms. The minimum Gasteiger partial charge on any atom is -0.392 e. The summed E-state index contributed by atoms with van der Waals surface area (Å²) in [5.41, 5.74) is 3.27. The second-order valence-electron chi connectivity index (χ2n) is 3.90. The second kappa shape index (κ2) is 6.19. The average molecular weight is 217 g/mol. The van der Waals surface area contributed by atoms with Crippen LogP contribution in [0.4, 0.5) is 5.69 Å². The zero-order valence-corrected chi connectivity index (χ0v) is 10.0. The first-order valence-corrected chi connectivity index (χ1v) is 5.61. The maximum Gasteiger partial charge on any atom is 0.0791 e. The molecule has 0 unspecified atom stereocenters. The third kappa shape index (κ3) is 3.01. The molecular formula is C14H19NO. The molecule has 0 spiro atoms. The number of rotatable bonds is 5. The summed E-state index contributed by atoms with van der Waals surface area (Å²) in [7, 11) is 0. The lowest BCUT2D eigenvalue weighted by Gasteiger charge is -2.24. The first-order chi connectivity index (χ1) is 7.72. The van der Waals surface area contributed by atoms with Crippen LogP contribution in [0.2, 0.25) is 0 Å². The van der Waals surface area contributed by atoms with Gasteiger partial charge in [-0.25, -0.2) is 0 Å². The van der Waals surface area contributed by atoms with Crippen molar-refractivity contribution >= 4 is 5.69 Å². The van der Waals surface area contributed by atoms with Crippen molar-refractivity contribution in [2.75, 3.05) is 18.0 Å². The maximum absolute atomic E-state index is 9.05. The van der Waals surface area contributed by atoms with Crippen molar-refractivity contribution < 1.29 is 5.11 Å². The van der Waals surface area contributed by atoms with Gasteiger partial charge in [0.05, 0.1) is 13.2 Å². The van der Waals surface area contributed by atoms with Crippen molar-refractivity contribution in [3.05, 3.63) is 29.3 Å². The quantitative estimate of drug-likeness (QED) is 0.765. The van der Waals surface area contributed by atoms with Crippen molar-refractivity contribution in [1.82, 2.24) is 0 Å². The Morgan fingerprint density at radius 2 is 2.19 bits per heavy atom. The molecule has 1 N–H and O–H groups in total. The van der Waals surface area contributed by atoms with Crippen LogP contribution >= 0.6 is 0 Å². The Labute approximate surface area is 97.9 Å². The molecule has 86 valence electrons. The summed E-state index contributed by atoms with van der Waals surface area (Å²) in [6.45, 7) is 5.87. The minimum atomic E-state index is 0.0873. The monoisotopic (exact) mass is 217 g/mol. The summed E-state index contributed by atoms with van der Waals surface area (Å²) in [5.74, 6) is 2.68. The van der Waals surface area contributed by atoms with Gasteiger partial charge in [-0.2, -0.15) is 0 Å². The van der Waals surface area contributed by atoms with Gasteiger partial charge in [-0.15, -0.1) is 6.42 Å². The zero-order valence-electron chi connectivity index (χ0n) is 10.0. The summed E-state index contributed by atoms with van der Waals surface area (Å²) in [6, 6.07) is 5.99. The predicted molar refractivity (Wildman–Crippen MR) is 68.4 cm³/mol. The molecule has 0 radical (unpaired) electrons. The van der Waals surface area contributed by atoms with Gasteiger partial charge in [0.15, 0.2) is 0 Å². The number of terminal acetylenes is 1. The first kappa shape index (κ1) is 12.6. The summed E-state index contributed by atoms with van der Waals surface area (Å²) < 4.78 is 0. The highest BCUT2D eigenvalue weighted by Crippen LogP contribution is 2.21. The third-order valence-corrected chi connectivity index (χ3v) is 2.56. The summed E-state index contributed by atoms with van der Waals surface area (Å²) >= 11 is 0. The number of anilines is 1. The lowest BCUT2D eigenvalue weighted by atomic mass is 10.1. The maximum atomic E-state index is 9.05. The topological polar surface area (TPSA) is 23.5 Å². The van der Waals surface area contributed by atoms with Crippen LogP contribution < -0.4 is 4.90 Å². The SMILES string of the molecule is C#CCN(CCC)c1ccc(CO)cc1C. The lowest BCUT2D eigenvalue weighted by Crippen LogP contribution is -2.25. The van der Waals surface area contributed by atoms with Gasteiger partial charge in [-0.05, 0) is 30.5 Å². The fraction of sp³-hybridized carbons (Fsp3) is 0.429. The summed E-state index contributed by atoms with van der Waals surface area (Å²) in [6.07, 6.45) is 6.44. The normalized spacial score (nSPS) is 9.88. The van der Waals surface area contributed by atoms with E-state index in [-0.39, 0.29) is 6.61 Å². The van der Waals surface area contributed by atoms with Crippen LogP contribution in [0.25, 0.3) is 0 Å². The van der Waals surface area contributed by atoms with Gasteiger partial charge in [0, 0.05) is 12.2 Å². The molecule has 0 aliphatic rings. The van der Waals surface area contributed by atoms with Crippen LogP contribution in [0.15, 0.2) is 18.2 Å². The molecule has 0 aliphatic heterocycles. The van der Waals surface area contributed by atoms with Crippen molar-refractivity contribution in [1.29, 1.82) is 0 Å². The van der Waals surface area contributed by atoms with E-state index in [1.165, 1.54) is 0 Å². The van der Waals surface area contributed by atoms with E-state index in [1.54, 1.807) is 0 Å². The molecule has 0 saturated heterocycles. The molecule has 1 rings (SSSR count). The third-order valence-electron chi connectivity index (χ3n) is 2.56. The fourth-order valence-electron chi connectivity index (χ4n) is 1.84. The van der Waals surface area contributed by atoms with Gasteiger partial charge in [0.1, 0.15) is 0 Å². The van der Waals surface area contributed by atoms with Crippen LogP contribution in [0.3, 0.4) is 0 Å². The van der Waals surface area contributed by atoms with Gasteiger partial charge >= 0.3 is 0 Å². The second-order valence-corrected chi connectivity index (χ2v) is 3.90. The van der Waals surface area contributed by atoms with Gasteiger partial charge in [0.25, 0.3) is 0 Å². The zero-order chi connectivity index (χ0) is 12.0.